The summed E-state index contributed by atoms with van der Waals surface area (Å²) in [6.07, 6.45) is 1.22. The summed E-state index contributed by atoms with van der Waals surface area (Å²) in [4.78, 5) is 10.5. The molecule has 4 heteroatoms. The van der Waals surface area contributed by atoms with E-state index in [1.54, 1.807) is 0 Å². The molecule has 90 valence electrons. The van der Waals surface area contributed by atoms with Crippen LogP contribution in [-0.2, 0) is 6.54 Å². The zero-order valence-corrected chi connectivity index (χ0v) is 9.95. The van der Waals surface area contributed by atoms with E-state index in [0.29, 0.717) is 0 Å². The Morgan fingerprint density at radius 2 is 2.12 bits per heavy atom. The Morgan fingerprint density at radius 3 is 3.06 bits per heavy atom. The molecule has 0 unspecified atom stereocenters. The van der Waals surface area contributed by atoms with E-state index >= 15 is 0 Å². The molecule has 0 saturated carbocycles. The number of nitrogens with zero attached hydrogens (tertiary/aromatic N) is 2. The number of imidazole rings is 1. The number of nitrogens with one attached hydrogen (secondary N) is 2. The highest BCUT2D eigenvalue weighted by molar-refractivity contribution is 5.74. The van der Waals surface area contributed by atoms with Crippen LogP contribution in [0.1, 0.15) is 12.2 Å². The van der Waals surface area contributed by atoms with Gasteiger partial charge in [0.25, 0.3) is 0 Å². The van der Waals surface area contributed by atoms with E-state index in [9.17, 15) is 0 Å². The largest absolute Gasteiger partial charge is 0.341 e. The maximum Gasteiger partial charge on any atom is 0.121 e. The minimum absolute atomic E-state index is 0.927. The van der Waals surface area contributed by atoms with Gasteiger partial charge < -0.3 is 10.3 Å². The first-order valence-corrected chi connectivity index (χ1v) is 6.28. The lowest BCUT2D eigenvalue weighted by Gasteiger charge is -2.17. The minimum Gasteiger partial charge on any atom is -0.341 e. The van der Waals surface area contributed by atoms with Crippen LogP contribution < -0.4 is 5.32 Å². The third-order valence-electron chi connectivity index (χ3n) is 3.24. The number of rotatable bonds is 2. The second-order valence-corrected chi connectivity index (χ2v) is 4.58. The van der Waals surface area contributed by atoms with Crippen LogP contribution in [0.4, 0.5) is 0 Å². The second kappa shape index (κ2) is 4.85. The molecule has 0 aliphatic carbocycles. The van der Waals surface area contributed by atoms with Crippen molar-refractivity contribution in [2.24, 2.45) is 0 Å². The molecule has 2 heterocycles. The average Bonchev–Trinajstić information content (AvgIpc) is 2.57. The SMILES string of the molecule is c1ccc2[nH]c(CN3CCCNCC3)nc2c1. The normalized spacial score (nSPS) is 18.4. The zero-order valence-electron chi connectivity index (χ0n) is 9.95. The maximum atomic E-state index is 4.62. The van der Waals surface area contributed by atoms with Crippen LogP contribution in [0.2, 0.25) is 0 Å². The Balaban J connectivity index is 1.75. The second-order valence-electron chi connectivity index (χ2n) is 4.58. The number of fused-ring (bicyclic) bond motifs is 1. The van der Waals surface area contributed by atoms with Crippen LogP contribution in [0.15, 0.2) is 24.3 Å². The lowest BCUT2D eigenvalue weighted by molar-refractivity contribution is 0.278. The Morgan fingerprint density at radius 1 is 1.18 bits per heavy atom. The first-order chi connectivity index (χ1) is 8.42. The first kappa shape index (κ1) is 10.7. The van der Waals surface area contributed by atoms with Gasteiger partial charge in [0.1, 0.15) is 5.82 Å². The molecule has 0 radical (unpaired) electrons. The minimum atomic E-state index is 0.927. The van der Waals surface area contributed by atoms with Crippen LogP contribution in [0, 0.1) is 0 Å². The van der Waals surface area contributed by atoms with Crippen LogP contribution in [0.25, 0.3) is 11.0 Å². The molecule has 0 spiro atoms. The van der Waals surface area contributed by atoms with Crippen molar-refractivity contribution in [3.63, 3.8) is 0 Å². The van der Waals surface area contributed by atoms with Crippen molar-refractivity contribution in [2.75, 3.05) is 26.2 Å². The van der Waals surface area contributed by atoms with E-state index in [2.05, 4.69) is 32.3 Å². The van der Waals surface area contributed by atoms with Crippen LogP contribution in [0.3, 0.4) is 0 Å². The number of hydrogen-bond acceptors (Lipinski definition) is 3. The molecule has 0 bridgehead atoms. The summed E-state index contributed by atoms with van der Waals surface area (Å²) < 4.78 is 0. The predicted octanol–water partition coefficient (Wildman–Crippen LogP) is 1.36. The van der Waals surface area contributed by atoms with Gasteiger partial charge in [-0.25, -0.2) is 4.98 Å². The fraction of sp³-hybridized carbons (Fsp3) is 0.462. The lowest BCUT2D eigenvalue weighted by Crippen LogP contribution is -2.28. The topological polar surface area (TPSA) is 44.0 Å². The molecule has 1 saturated heterocycles. The van der Waals surface area contributed by atoms with Gasteiger partial charge in [0.15, 0.2) is 0 Å². The van der Waals surface area contributed by atoms with E-state index in [1.165, 1.54) is 6.42 Å². The monoisotopic (exact) mass is 230 g/mol. The molecular weight excluding hydrogens is 212 g/mol. The van der Waals surface area contributed by atoms with Crippen molar-refractivity contribution >= 4 is 11.0 Å². The maximum absolute atomic E-state index is 4.62. The smallest absolute Gasteiger partial charge is 0.121 e. The van der Waals surface area contributed by atoms with E-state index < -0.39 is 0 Å². The van der Waals surface area contributed by atoms with Crippen molar-refractivity contribution in [3.05, 3.63) is 30.1 Å². The van der Waals surface area contributed by atoms with E-state index in [-0.39, 0.29) is 0 Å². The van der Waals surface area contributed by atoms with Gasteiger partial charge in [-0.1, -0.05) is 12.1 Å². The third kappa shape index (κ3) is 2.48. The highest BCUT2D eigenvalue weighted by Gasteiger charge is 2.11. The van der Waals surface area contributed by atoms with Crippen molar-refractivity contribution in [2.45, 2.75) is 13.0 Å². The molecule has 3 rings (SSSR count). The molecule has 17 heavy (non-hydrogen) atoms. The van der Waals surface area contributed by atoms with Gasteiger partial charge in [0.2, 0.25) is 0 Å². The van der Waals surface area contributed by atoms with Gasteiger partial charge in [-0.15, -0.1) is 0 Å². The van der Waals surface area contributed by atoms with Crippen molar-refractivity contribution in [1.29, 1.82) is 0 Å². The van der Waals surface area contributed by atoms with Gasteiger partial charge in [-0.3, -0.25) is 4.90 Å². The summed E-state index contributed by atoms with van der Waals surface area (Å²) >= 11 is 0. The highest BCUT2D eigenvalue weighted by atomic mass is 15.2. The Kier molecular flexibility index (Phi) is 3.07. The molecule has 1 aromatic carbocycles. The van der Waals surface area contributed by atoms with Crippen LogP contribution >= 0.6 is 0 Å². The summed E-state index contributed by atoms with van der Waals surface area (Å²) in [7, 11) is 0. The molecule has 0 amide bonds. The van der Waals surface area contributed by atoms with E-state index in [4.69, 9.17) is 0 Å². The predicted molar refractivity (Wildman–Crippen MR) is 68.9 cm³/mol. The molecule has 1 aliphatic rings. The molecule has 1 aromatic heterocycles. The Hall–Kier alpha value is -1.39. The van der Waals surface area contributed by atoms with Crippen LogP contribution in [0.5, 0.6) is 0 Å². The molecular formula is C13H18N4. The number of para-hydroxylation sites is 2. The fourth-order valence-electron chi connectivity index (χ4n) is 2.35. The van der Waals surface area contributed by atoms with E-state index in [1.807, 2.05) is 12.1 Å². The molecule has 0 atom stereocenters. The molecule has 1 fully saturated rings. The van der Waals surface area contributed by atoms with Crippen molar-refractivity contribution in [3.8, 4) is 0 Å². The summed E-state index contributed by atoms with van der Waals surface area (Å²) in [5, 5.41) is 3.42. The van der Waals surface area contributed by atoms with Gasteiger partial charge in [0.05, 0.1) is 17.6 Å². The average molecular weight is 230 g/mol. The number of H-pyrrole nitrogens is 1. The summed E-state index contributed by atoms with van der Waals surface area (Å²) in [6.45, 7) is 5.41. The Labute approximate surface area is 101 Å². The highest BCUT2D eigenvalue weighted by Crippen LogP contribution is 2.12. The molecule has 4 nitrogen and oxygen atoms in total. The molecule has 1 aliphatic heterocycles. The standard InChI is InChI=1S/C13H18N4/c1-2-5-12-11(4-1)15-13(16-12)10-17-8-3-6-14-7-9-17/h1-2,4-5,14H,3,6-10H2,(H,15,16). The van der Waals surface area contributed by atoms with Crippen molar-refractivity contribution in [1.82, 2.24) is 20.2 Å². The quantitative estimate of drug-likeness (QED) is 0.818. The van der Waals surface area contributed by atoms with Crippen molar-refractivity contribution < 1.29 is 0 Å². The lowest BCUT2D eigenvalue weighted by atomic mass is 10.3. The summed E-state index contributed by atoms with van der Waals surface area (Å²) in [5.74, 6) is 1.08. The summed E-state index contributed by atoms with van der Waals surface area (Å²) in [5.41, 5.74) is 2.20. The number of hydrogen-bond donors (Lipinski definition) is 2. The molecule has 2 aromatic rings. The van der Waals surface area contributed by atoms with Gasteiger partial charge in [0, 0.05) is 13.1 Å². The van der Waals surface area contributed by atoms with Gasteiger partial charge in [-0.2, -0.15) is 0 Å². The number of aromatic nitrogens is 2. The van der Waals surface area contributed by atoms with Crippen LogP contribution in [-0.4, -0.2) is 41.0 Å². The first-order valence-electron chi connectivity index (χ1n) is 6.28. The van der Waals surface area contributed by atoms with E-state index in [0.717, 1.165) is 49.6 Å². The van der Waals surface area contributed by atoms with Gasteiger partial charge in [-0.05, 0) is 31.6 Å². The zero-order chi connectivity index (χ0) is 11.5. The third-order valence-corrected chi connectivity index (χ3v) is 3.24. The number of benzene rings is 1. The van der Waals surface area contributed by atoms with Gasteiger partial charge >= 0.3 is 0 Å². The molecule has 2 N–H and O–H groups in total. The summed E-state index contributed by atoms with van der Waals surface area (Å²) in [6, 6.07) is 8.21. The Bertz CT molecular complexity index is 450. The number of aromatic amines is 1. The fourth-order valence-corrected chi connectivity index (χ4v) is 2.35.